The van der Waals surface area contributed by atoms with Crippen molar-refractivity contribution >= 4 is 15.9 Å². The molecule has 2 rings (SSSR count). The van der Waals surface area contributed by atoms with Crippen molar-refractivity contribution in [3.05, 3.63) is 65.5 Å². The van der Waals surface area contributed by atoms with Gasteiger partial charge in [0.2, 0.25) is 10.0 Å². The van der Waals surface area contributed by atoms with Crippen molar-refractivity contribution in [3.63, 3.8) is 0 Å². The van der Waals surface area contributed by atoms with E-state index < -0.39 is 10.0 Å². The second-order valence-corrected chi connectivity index (χ2v) is 7.82. The molecule has 1 amide bonds. The number of halogens is 1. The fraction of sp³-hybridized carbons (Fsp3) is 0.316. The smallest absolute Gasteiger partial charge is 0.253 e. The van der Waals surface area contributed by atoms with E-state index in [4.69, 9.17) is 0 Å². The third-order valence-corrected chi connectivity index (χ3v) is 5.40. The Balaban J connectivity index is 2.03. The van der Waals surface area contributed by atoms with E-state index in [1.165, 1.54) is 48.5 Å². The zero-order chi connectivity index (χ0) is 19.2. The second kappa shape index (κ2) is 8.91. The molecule has 5 nitrogen and oxygen atoms in total. The molecule has 0 aliphatic carbocycles. The fourth-order valence-corrected chi connectivity index (χ4v) is 3.38. The number of hydrogen-bond donors (Lipinski definition) is 1. The minimum absolute atomic E-state index is 0.0586. The fourth-order valence-electron chi connectivity index (χ4n) is 2.36. The van der Waals surface area contributed by atoms with E-state index in [-0.39, 0.29) is 23.2 Å². The van der Waals surface area contributed by atoms with E-state index in [9.17, 15) is 17.6 Å². The summed E-state index contributed by atoms with van der Waals surface area (Å²) >= 11 is 0. The van der Waals surface area contributed by atoms with Gasteiger partial charge in [0.15, 0.2) is 0 Å². The van der Waals surface area contributed by atoms with Crippen molar-refractivity contribution in [1.82, 2.24) is 9.62 Å². The maximum absolute atomic E-state index is 12.9. The molecule has 0 aromatic heterocycles. The van der Waals surface area contributed by atoms with Crippen LogP contribution in [0.4, 0.5) is 4.39 Å². The Morgan fingerprint density at radius 2 is 1.69 bits per heavy atom. The molecule has 0 saturated heterocycles. The van der Waals surface area contributed by atoms with Gasteiger partial charge < -0.3 is 4.90 Å². The average Bonchev–Trinajstić information content (AvgIpc) is 2.65. The highest BCUT2D eigenvalue weighted by Gasteiger charge is 2.16. The molecule has 0 spiro atoms. The van der Waals surface area contributed by atoms with Crippen molar-refractivity contribution < 1.29 is 17.6 Å². The van der Waals surface area contributed by atoms with E-state index >= 15 is 0 Å². The van der Waals surface area contributed by atoms with Crippen molar-refractivity contribution in [2.24, 2.45) is 0 Å². The SMILES string of the molecule is CCCCN(C)C(=O)c1ccc(S(=O)(=O)NCc2ccc(F)cc2)cc1. The zero-order valence-electron chi connectivity index (χ0n) is 14.9. The number of nitrogens with zero attached hydrogens (tertiary/aromatic N) is 1. The molecule has 1 N–H and O–H groups in total. The van der Waals surface area contributed by atoms with Gasteiger partial charge in [-0.2, -0.15) is 0 Å². The normalized spacial score (nSPS) is 11.3. The minimum Gasteiger partial charge on any atom is -0.342 e. The molecule has 0 radical (unpaired) electrons. The topological polar surface area (TPSA) is 66.5 Å². The molecule has 0 atom stereocenters. The number of carbonyl (C=O) groups is 1. The first-order chi connectivity index (χ1) is 12.3. The third-order valence-electron chi connectivity index (χ3n) is 3.98. The van der Waals surface area contributed by atoms with Gasteiger partial charge >= 0.3 is 0 Å². The number of sulfonamides is 1. The lowest BCUT2D eigenvalue weighted by atomic mass is 10.2. The predicted molar refractivity (Wildman–Crippen MR) is 98.7 cm³/mol. The molecule has 0 bridgehead atoms. The Morgan fingerprint density at radius 1 is 1.08 bits per heavy atom. The Kier molecular flexibility index (Phi) is 6.88. The number of hydrogen-bond acceptors (Lipinski definition) is 3. The molecule has 0 unspecified atom stereocenters. The third kappa shape index (κ3) is 5.37. The van der Waals surface area contributed by atoms with Crippen LogP contribution in [0, 0.1) is 5.82 Å². The number of benzene rings is 2. The van der Waals surface area contributed by atoms with Crippen LogP contribution in [0.15, 0.2) is 53.4 Å². The van der Waals surface area contributed by atoms with Crippen molar-refractivity contribution in [2.45, 2.75) is 31.2 Å². The Bertz CT molecular complexity index is 834. The average molecular weight is 378 g/mol. The van der Waals surface area contributed by atoms with Gasteiger partial charge in [0.05, 0.1) is 4.90 Å². The molecule has 0 aliphatic heterocycles. The first-order valence-corrected chi connectivity index (χ1v) is 9.91. The highest BCUT2D eigenvalue weighted by atomic mass is 32.2. The Hall–Kier alpha value is -2.25. The molecule has 0 heterocycles. The number of carbonyl (C=O) groups excluding carboxylic acids is 1. The van der Waals surface area contributed by atoms with Crippen LogP contribution in [0.3, 0.4) is 0 Å². The lowest BCUT2D eigenvalue weighted by molar-refractivity contribution is 0.0793. The van der Waals surface area contributed by atoms with Gasteiger partial charge in [0, 0.05) is 25.7 Å². The van der Waals surface area contributed by atoms with Crippen LogP contribution in [0.1, 0.15) is 35.7 Å². The van der Waals surface area contributed by atoms with Crippen molar-refractivity contribution in [1.29, 1.82) is 0 Å². The zero-order valence-corrected chi connectivity index (χ0v) is 15.7. The van der Waals surface area contributed by atoms with Gasteiger partial charge in [0.1, 0.15) is 5.82 Å². The number of unbranched alkanes of at least 4 members (excludes halogenated alkanes) is 1. The number of amides is 1. The van der Waals surface area contributed by atoms with E-state index in [1.54, 1.807) is 11.9 Å². The molecule has 0 aliphatic rings. The number of rotatable bonds is 8. The van der Waals surface area contributed by atoms with Gasteiger partial charge in [-0.1, -0.05) is 25.5 Å². The number of nitrogens with one attached hydrogen (secondary N) is 1. The maximum Gasteiger partial charge on any atom is 0.253 e. The lowest BCUT2D eigenvalue weighted by Gasteiger charge is -2.17. The standard InChI is InChI=1S/C19H23FN2O3S/c1-3-4-13-22(2)19(23)16-7-11-18(12-8-16)26(24,25)21-14-15-5-9-17(20)10-6-15/h5-12,21H,3-4,13-14H2,1-2H3. The summed E-state index contributed by atoms with van der Waals surface area (Å²) in [6.45, 7) is 2.77. The lowest BCUT2D eigenvalue weighted by Crippen LogP contribution is -2.28. The maximum atomic E-state index is 12.9. The van der Waals surface area contributed by atoms with Gasteiger partial charge in [-0.15, -0.1) is 0 Å². The molecular formula is C19H23FN2O3S. The van der Waals surface area contributed by atoms with Gasteiger partial charge in [-0.25, -0.2) is 17.5 Å². The van der Waals surface area contributed by atoms with E-state index in [0.29, 0.717) is 17.7 Å². The van der Waals surface area contributed by atoms with E-state index in [1.807, 2.05) is 0 Å². The quantitative estimate of drug-likeness (QED) is 0.767. The molecule has 7 heteroatoms. The Morgan fingerprint density at radius 3 is 2.27 bits per heavy atom. The first kappa shape index (κ1) is 20.1. The predicted octanol–water partition coefficient (Wildman–Crippen LogP) is 3.18. The molecule has 26 heavy (non-hydrogen) atoms. The first-order valence-electron chi connectivity index (χ1n) is 8.43. The molecule has 2 aromatic carbocycles. The van der Waals surface area contributed by atoms with Crippen molar-refractivity contribution in [2.75, 3.05) is 13.6 Å². The van der Waals surface area contributed by atoms with Crippen LogP contribution < -0.4 is 4.72 Å². The summed E-state index contributed by atoms with van der Waals surface area (Å²) < 4.78 is 40.0. The Labute approximate surface area is 153 Å². The van der Waals surface area contributed by atoms with Crippen molar-refractivity contribution in [3.8, 4) is 0 Å². The molecule has 140 valence electrons. The summed E-state index contributed by atoms with van der Waals surface area (Å²) in [6.07, 6.45) is 1.91. The summed E-state index contributed by atoms with van der Waals surface area (Å²) in [6, 6.07) is 11.4. The summed E-state index contributed by atoms with van der Waals surface area (Å²) in [5.41, 5.74) is 1.10. The highest BCUT2D eigenvalue weighted by molar-refractivity contribution is 7.89. The molecule has 2 aromatic rings. The highest BCUT2D eigenvalue weighted by Crippen LogP contribution is 2.13. The van der Waals surface area contributed by atoms with E-state index in [0.717, 1.165) is 12.8 Å². The second-order valence-electron chi connectivity index (χ2n) is 6.06. The molecular weight excluding hydrogens is 355 g/mol. The summed E-state index contributed by atoms with van der Waals surface area (Å²) in [7, 11) is -1.99. The van der Waals surface area contributed by atoms with Gasteiger partial charge in [-0.05, 0) is 48.4 Å². The van der Waals surface area contributed by atoms with Gasteiger partial charge in [0.25, 0.3) is 5.91 Å². The van der Waals surface area contributed by atoms with Crippen LogP contribution in [-0.4, -0.2) is 32.8 Å². The van der Waals surface area contributed by atoms with Crippen LogP contribution in [-0.2, 0) is 16.6 Å². The molecule has 0 saturated carbocycles. The van der Waals surface area contributed by atoms with Crippen LogP contribution in [0.25, 0.3) is 0 Å². The molecule has 0 fully saturated rings. The van der Waals surface area contributed by atoms with Crippen LogP contribution in [0.5, 0.6) is 0 Å². The summed E-state index contributed by atoms with van der Waals surface area (Å²) in [5, 5.41) is 0. The monoisotopic (exact) mass is 378 g/mol. The summed E-state index contributed by atoms with van der Waals surface area (Å²) in [5.74, 6) is -0.512. The summed E-state index contributed by atoms with van der Waals surface area (Å²) in [4.78, 5) is 14.0. The van der Waals surface area contributed by atoms with Crippen LogP contribution >= 0.6 is 0 Å². The van der Waals surface area contributed by atoms with E-state index in [2.05, 4.69) is 11.6 Å². The van der Waals surface area contributed by atoms with Gasteiger partial charge in [-0.3, -0.25) is 4.79 Å². The minimum atomic E-state index is -3.71. The largest absolute Gasteiger partial charge is 0.342 e. The van der Waals surface area contributed by atoms with Crippen LogP contribution in [0.2, 0.25) is 0 Å².